The molecule has 0 spiro atoms. The number of halogens is 1. The van der Waals surface area contributed by atoms with Gasteiger partial charge in [-0.05, 0) is 23.3 Å². The predicted octanol–water partition coefficient (Wildman–Crippen LogP) is 3.36. The van der Waals surface area contributed by atoms with Crippen LogP contribution in [0.5, 0.6) is 0 Å². The van der Waals surface area contributed by atoms with Gasteiger partial charge in [0, 0.05) is 19.1 Å². The van der Waals surface area contributed by atoms with Crippen LogP contribution in [0.4, 0.5) is 15.8 Å². The van der Waals surface area contributed by atoms with E-state index in [0.29, 0.717) is 11.1 Å². The van der Waals surface area contributed by atoms with Crippen LogP contribution >= 0.6 is 0 Å². The second kappa shape index (κ2) is 5.48. The van der Waals surface area contributed by atoms with E-state index in [1.165, 1.54) is 37.3 Å². The number of nitrogens with zero attached hydrogens (tertiary/aromatic N) is 1. The Kier molecular flexibility index (Phi) is 3.74. The van der Waals surface area contributed by atoms with E-state index in [4.69, 9.17) is 0 Å². The highest BCUT2D eigenvalue weighted by Gasteiger charge is 2.10. The SMILES string of the molecule is CC(=O)Nc1ccc(-c2cccc([N+](=O)[O-])c2)cc1F. The summed E-state index contributed by atoms with van der Waals surface area (Å²) in [5.41, 5.74) is 1.05. The highest BCUT2D eigenvalue weighted by molar-refractivity contribution is 5.89. The molecule has 0 aliphatic carbocycles. The molecule has 0 bridgehead atoms. The van der Waals surface area contributed by atoms with Crippen molar-refractivity contribution >= 4 is 17.3 Å². The molecule has 2 aromatic rings. The third-order valence-electron chi connectivity index (χ3n) is 2.67. The molecular weight excluding hydrogens is 263 g/mol. The second-order valence-corrected chi connectivity index (χ2v) is 4.18. The van der Waals surface area contributed by atoms with Crippen LogP contribution in [0.3, 0.4) is 0 Å². The van der Waals surface area contributed by atoms with E-state index in [1.807, 2.05) is 0 Å². The molecule has 0 aromatic heterocycles. The Labute approximate surface area is 114 Å². The van der Waals surface area contributed by atoms with Crippen LogP contribution in [0.15, 0.2) is 42.5 Å². The summed E-state index contributed by atoms with van der Waals surface area (Å²) in [6.07, 6.45) is 0. The number of rotatable bonds is 3. The number of nitrogens with one attached hydrogen (secondary N) is 1. The van der Waals surface area contributed by atoms with Gasteiger partial charge >= 0.3 is 0 Å². The van der Waals surface area contributed by atoms with E-state index in [-0.39, 0.29) is 17.3 Å². The van der Waals surface area contributed by atoms with Crippen molar-refractivity contribution < 1.29 is 14.1 Å². The first-order valence-corrected chi connectivity index (χ1v) is 5.79. The number of hydrogen-bond acceptors (Lipinski definition) is 3. The molecule has 1 amide bonds. The monoisotopic (exact) mass is 274 g/mol. The Morgan fingerprint density at radius 1 is 1.20 bits per heavy atom. The van der Waals surface area contributed by atoms with Crippen LogP contribution in [-0.4, -0.2) is 10.8 Å². The topological polar surface area (TPSA) is 72.2 Å². The standard InChI is InChI=1S/C14H11FN2O3/c1-9(18)16-14-6-5-11(8-13(14)15)10-3-2-4-12(7-10)17(19)20/h2-8H,1H3,(H,16,18). The lowest BCUT2D eigenvalue weighted by atomic mass is 10.0. The molecule has 1 N–H and O–H groups in total. The number of benzene rings is 2. The van der Waals surface area contributed by atoms with E-state index in [2.05, 4.69) is 5.32 Å². The molecule has 2 rings (SSSR count). The minimum Gasteiger partial charge on any atom is -0.324 e. The number of anilines is 1. The molecule has 20 heavy (non-hydrogen) atoms. The fourth-order valence-corrected chi connectivity index (χ4v) is 1.78. The molecule has 0 atom stereocenters. The zero-order chi connectivity index (χ0) is 14.7. The van der Waals surface area contributed by atoms with E-state index in [1.54, 1.807) is 12.1 Å². The molecule has 0 aliphatic heterocycles. The van der Waals surface area contributed by atoms with Crippen molar-refractivity contribution in [1.82, 2.24) is 0 Å². The Balaban J connectivity index is 2.39. The summed E-state index contributed by atoms with van der Waals surface area (Å²) in [4.78, 5) is 21.1. The highest BCUT2D eigenvalue weighted by Crippen LogP contribution is 2.27. The third-order valence-corrected chi connectivity index (χ3v) is 2.67. The molecule has 0 fully saturated rings. The fraction of sp³-hybridized carbons (Fsp3) is 0.0714. The first-order chi connectivity index (χ1) is 9.47. The zero-order valence-electron chi connectivity index (χ0n) is 10.6. The number of carbonyl (C=O) groups excluding carboxylic acids is 1. The quantitative estimate of drug-likeness (QED) is 0.689. The fourth-order valence-electron chi connectivity index (χ4n) is 1.78. The van der Waals surface area contributed by atoms with Crippen molar-refractivity contribution in [1.29, 1.82) is 0 Å². The van der Waals surface area contributed by atoms with E-state index in [0.717, 1.165) is 0 Å². The van der Waals surface area contributed by atoms with Gasteiger partial charge < -0.3 is 5.32 Å². The van der Waals surface area contributed by atoms with Gasteiger partial charge in [-0.3, -0.25) is 14.9 Å². The van der Waals surface area contributed by atoms with Gasteiger partial charge in [0.2, 0.25) is 5.91 Å². The van der Waals surface area contributed by atoms with Gasteiger partial charge in [-0.2, -0.15) is 0 Å². The minimum absolute atomic E-state index is 0.0613. The lowest BCUT2D eigenvalue weighted by molar-refractivity contribution is -0.384. The van der Waals surface area contributed by atoms with Crippen molar-refractivity contribution in [3.63, 3.8) is 0 Å². The molecule has 0 radical (unpaired) electrons. The van der Waals surface area contributed by atoms with Crippen molar-refractivity contribution in [3.8, 4) is 11.1 Å². The number of nitro benzene ring substituents is 1. The average molecular weight is 274 g/mol. The number of non-ortho nitro benzene ring substituents is 1. The highest BCUT2D eigenvalue weighted by atomic mass is 19.1. The van der Waals surface area contributed by atoms with Crippen molar-refractivity contribution in [2.24, 2.45) is 0 Å². The van der Waals surface area contributed by atoms with Crippen LogP contribution in [0.1, 0.15) is 6.92 Å². The summed E-state index contributed by atoms with van der Waals surface area (Å²) in [5.74, 6) is -0.962. The van der Waals surface area contributed by atoms with Crippen molar-refractivity contribution in [2.75, 3.05) is 5.32 Å². The van der Waals surface area contributed by atoms with E-state index >= 15 is 0 Å². The lowest BCUT2D eigenvalue weighted by Gasteiger charge is -2.06. The summed E-state index contributed by atoms with van der Waals surface area (Å²) in [6.45, 7) is 1.29. The normalized spacial score (nSPS) is 10.1. The van der Waals surface area contributed by atoms with Crippen LogP contribution in [0.25, 0.3) is 11.1 Å². The summed E-state index contributed by atoms with van der Waals surface area (Å²) in [5, 5.41) is 13.1. The van der Waals surface area contributed by atoms with Crippen LogP contribution in [0, 0.1) is 15.9 Å². The smallest absolute Gasteiger partial charge is 0.270 e. The molecule has 5 nitrogen and oxygen atoms in total. The first kappa shape index (κ1) is 13.7. The van der Waals surface area contributed by atoms with E-state index in [9.17, 15) is 19.3 Å². The van der Waals surface area contributed by atoms with Gasteiger partial charge in [-0.1, -0.05) is 18.2 Å². The lowest BCUT2D eigenvalue weighted by Crippen LogP contribution is -2.07. The van der Waals surface area contributed by atoms with Gasteiger partial charge in [-0.25, -0.2) is 4.39 Å². The molecule has 0 unspecified atom stereocenters. The molecule has 0 aliphatic rings. The first-order valence-electron chi connectivity index (χ1n) is 5.79. The minimum atomic E-state index is -0.593. The summed E-state index contributed by atoms with van der Waals surface area (Å²) in [6, 6.07) is 10.2. The van der Waals surface area contributed by atoms with Gasteiger partial charge in [0.1, 0.15) is 5.82 Å². The van der Waals surface area contributed by atoms with Crippen LogP contribution in [0.2, 0.25) is 0 Å². The van der Waals surface area contributed by atoms with Crippen molar-refractivity contribution in [3.05, 3.63) is 58.4 Å². The Morgan fingerprint density at radius 3 is 2.50 bits per heavy atom. The summed E-state index contributed by atoms with van der Waals surface area (Å²) >= 11 is 0. The molecule has 6 heteroatoms. The average Bonchev–Trinajstić information content (AvgIpc) is 2.40. The maximum absolute atomic E-state index is 13.8. The zero-order valence-corrected chi connectivity index (χ0v) is 10.6. The molecular formula is C14H11FN2O3. The van der Waals surface area contributed by atoms with Gasteiger partial charge in [0.05, 0.1) is 10.6 Å². The maximum Gasteiger partial charge on any atom is 0.270 e. The molecule has 0 saturated carbocycles. The second-order valence-electron chi connectivity index (χ2n) is 4.18. The molecule has 0 saturated heterocycles. The molecule has 2 aromatic carbocycles. The Bertz CT molecular complexity index is 686. The van der Waals surface area contributed by atoms with Crippen LogP contribution in [-0.2, 0) is 4.79 Å². The van der Waals surface area contributed by atoms with Gasteiger partial charge in [-0.15, -0.1) is 0 Å². The number of amides is 1. The predicted molar refractivity (Wildman–Crippen MR) is 72.8 cm³/mol. The number of hydrogen-bond donors (Lipinski definition) is 1. The van der Waals surface area contributed by atoms with Crippen molar-refractivity contribution in [2.45, 2.75) is 6.92 Å². The largest absolute Gasteiger partial charge is 0.324 e. The third kappa shape index (κ3) is 2.97. The number of carbonyl (C=O) groups is 1. The molecule has 102 valence electrons. The number of nitro groups is 1. The van der Waals surface area contributed by atoms with Crippen LogP contribution < -0.4 is 5.32 Å². The molecule has 0 heterocycles. The Morgan fingerprint density at radius 2 is 1.90 bits per heavy atom. The Hall–Kier alpha value is -2.76. The summed E-state index contributed by atoms with van der Waals surface area (Å²) < 4.78 is 13.8. The maximum atomic E-state index is 13.8. The van der Waals surface area contributed by atoms with Gasteiger partial charge in [0.25, 0.3) is 5.69 Å². The van der Waals surface area contributed by atoms with E-state index < -0.39 is 10.7 Å². The van der Waals surface area contributed by atoms with Gasteiger partial charge in [0.15, 0.2) is 0 Å². The summed E-state index contributed by atoms with van der Waals surface area (Å²) in [7, 11) is 0.